The zero-order chi connectivity index (χ0) is 15.2. The molecule has 0 radical (unpaired) electrons. The number of aromatic nitrogens is 1. The van der Waals surface area contributed by atoms with Gasteiger partial charge in [-0.05, 0) is 42.3 Å². The molecule has 0 spiro atoms. The summed E-state index contributed by atoms with van der Waals surface area (Å²) in [7, 11) is 0. The Balaban J connectivity index is 1.59. The highest BCUT2D eigenvalue weighted by molar-refractivity contribution is 5.94. The van der Waals surface area contributed by atoms with Crippen molar-refractivity contribution in [1.82, 2.24) is 10.3 Å². The van der Waals surface area contributed by atoms with Crippen molar-refractivity contribution in [3.63, 3.8) is 0 Å². The lowest BCUT2D eigenvalue weighted by molar-refractivity contribution is 0.0953. The number of benzene rings is 1. The topological polar surface area (TPSA) is 60.5 Å². The molecule has 0 fully saturated rings. The summed E-state index contributed by atoms with van der Waals surface area (Å²) in [6.45, 7) is 1.84. The van der Waals surface area contributed by atoms with Crippen LogP contribution in [0.15, 0.2) is 42.7 Å². The SMILES string of the molecule is O=C(NCCc1ccncc1)c1ccc2c(c1)OCCCO2. The van der Waals surface area contributed by atoms with E-state index in [0.29, 0.717) is 36.8 Å². The summed E-state index contributed by atoms with van der Waals surface area (Å²) in [6, 6.07) is 9.18. The van der Waals surface area contributed by atoms with Gasteiger partial charge in [-0.15, -0.1) is 0 Å². The molecular formula is C17H18N2O3. The Morgan fingerprint density at radius 1 is 1.09 bits per heavy atom. The van der Waals surface area contributed by atoms with Crippen LogP contribution in [0.2, 0.25) is 0 Å². The van der Waals surface area contributed by atoms with Gasteiger partial charge in [-0.1, -0.05) is 0 Å². The van der Waals surface area contributed by atoms with Gasteiger partial charge < -0.3 is 14.8 Å². The first-order valence-electron chi connectivity index (χ1n) is 7.40. The van der Waals surface area contributed by atoms with Crippen LogP contribution >= 0.6 is 0 Å². The quantitative estimate of drug-likeness (QED) is 0.940. The van der Waals surface area contributed by atoms with Crippen molar-refractivity contribution in [2.75, 3.05) is 19.8 Å². The molecule has 22 heavy (non-hydrogen) atoms. The van der Waals surface area contributed by atoms with Crippen molar-refractivity contribution < 1.29 is 14.3 Å². The number of nitrogens with zero attached hydrogens (tertiary/aromatic N) is 1. The molecule has 1 aliphatic rings. The lowest BCUT2D eigenvalue weighted by atomic mass is 10.1. The highest BCUT2D eigenvalue weighted by Gasteiger charge is 2.13. The van der Waals surface area contributed by atoms with Crippen LogP contribution in [-0.2, 0) is 6.42 Å². The third-order valence-corrected chi connectivity index (χ3v) is 3.46. The van der Waals surface area contributed by atoms with Gasteiger partial charge in [0.2, 0.25) is 0 Å². The van der Waals surface area contributed by atoms with E-state index < -0.39 is 0 Å². The predicted octanol–water partition coefficient (Wildman–Crippen LogP) is 2.22. The second-order valence-electron chi connectivity index (χ2n) is 5.07. The molecule has 0 aliphatic carbocycles. The Morgan fingerprint density at radius 2 is 1.86 bits per heavy atom. The van der Waals surface area contributed by atoms with Gasteiger partial charge in [0.25, 0.3) is 5.91 Å². The molecule has 2 aromatic rings. The van der Waals surface area contributed by atoms with E-state index in [9.17, 15) is 4.79 Å². The van der Waals surface area contributed by atoms with Crippen LogP contribution in [0.25, 0.3) is 0 Å². The fraction of sp³-hybridized carbons (Fsp3) is 0.294. The van der Waals surface area contributed by atoms with E-state index in [2.05, 4.69) is 10.3 Å². The average molecular weight is 298 g/mol. The number of pyridine rings is 1. The van der Waals surface area contributed by atoms with Gasteiger partial charge in [-0.2, -0.15) is 0 Å². The Hall–Kier alpha value is -2.56. The van der Waals surface area contributed by atoms with E-state index in [0.717, 1.165) is 18.4 Å². The van der Waals surface area contributed by atoms with Gasteiger partial charge in [0, 0.05) is 30.9 Å². The number of carbonyl (C=O) groups is 1. The molecule has 1 aliphatic heterocycles. The number of nitrogens with one attached hydrogen (secondary N) is 1. The summed E-state index contributed by atoms with van der Waals surface area (Å²) < 4.78 is 11.2. The molecule has 3 rings (SSSR count). The zero-order valence-electron chi connectivity index (χ0n) is 12.2. The lowest BCUT2D eigenvalue weighted by Crippen LogP contribution is -2.25. The molecular weight excluding hydrogens is 280 g/mol. The Kier molecular flexibility index (Phi) is 4.53. The number of ether oxygens (including phenoxy) is 2. The molecule has 1 N–H and O–H groups in total. The largest absolute Gasteiger partial charge is 0.490 e. The van der Waals surface area contributed by atoms with Crippen molar-refractivity contribution >= 4 is 5.91 Å². The fourth-order valence-electron chi connectivity index (χ4n) is 2.28. The second-order valence-corrected chi connectivity index (χ2v) is 5.07. The maximum absolute atomic E-state index is 12.2. The number of carbonyl (C=O) groups excluding carboxylic acids is 1. The van der Waals surface area contributed by atoms with Crippen molar-refractivity contribution in [3.8, 4) is 11.5 Å². The second kappa shape index (κ2) is 6.93. The summed E-state index contributed by atoms with van der Waals surface area (Å²) in [5, 5.41) is 2.91. The van der Waals surface area contributed by atoms with E-state index in [1.165, 1.54) is 0 Å². The number of rotatable bonds is 4. The minimum absolute atomic E-state index is 0.107. The fourth-order valence-corrected chi connectivity index (χ4v) is 2.28. The van der Waals surface area contributed by atoms with E-state index in [1.807, 2.05) is 12.1 Å². The molecule has 1 aromatic heterocycles. The molecule has 0 bridgehead atoms. The molecule has 5 heteroatoms. The lowest BCUT2D eigenvalue weighted by Gasteiger charge is -2.10. The van der Waals surface area contributed by atoms with Gasteiger partial charge in [0.15, 0.2) is 11.5 Å². The van der Waals surface area contributed by atoms with Gasteiger partial charge in [0.1, 0.15) is 0 Å². The van der Waals surface area contributed by atoms with Crippen LogP contribution in [0.5, 0.6) is 11.5 Å². The predicted molar refractivity (Wildman–Crippen MR) is 82.3 cm³/mol. The van der Waals surface area contributed by atoms with Crippen LogP contribution in [0.1, 0.15) is 22.3 Å². The van der Waals surface area contributed by atoms with Crippen molar-refractivity contribution in [2.45, 2.75) is 12.8 Å². The van der Waals surface area contributed by atoms with E-state index in [4.69, 9.17) is 9.47 Å². The monoisotopic (exact) mass is 298 g/mol. The van der Waals surface area contributed by atoms with E-state index >= 15 is 0 Å². The Labute approximate surface area is 129 Å². The van der Waals surface area contributed by atoms with Crippen LogP contribution < -0.4 is 14.8 Å². The van der Waals surface area contributed by atoms with Crippen LogP contribution in [0, 0.1) is 0 Å². The average Bonchev–Trinajstić information content (AvgIpc) is 2.80. The van der Waals surface area contributed by atoms with Crippen molar-refractivity contribution in [3.05, 3.63) is 53.9 Å². The minimum Gasteiger partial charge on any atom is -0.490 e. The number of hydrogen-bond acceptors (Lipinski definition) is 4. The summed E-state index contributed by atoms with van der Waals surface area (Å²) >= 11 is 0. The molecule has 1 amide bonds. The maximum Gasteiger partial charge on any atom is 0.251 e. The molecule has 0 unspecified atom stereocenters. The van der Waals surface area contributed by atoms with Crippen LogP contribution in [0.4, 0.5) is 0 Å². The first kappa shape index (κ1) is 14.4. The molecule has 2 heterocycles. The number of fused-ring (bicyclic) bond motifs is 1. The number of hydrogen-bond donors (Lipinski definition) is 1. The molecule has 114 valence electrons. The molecule has 0 saturated heterocycles. The molecule has 0 saturated carbocycles. The van der Waals surface area contributed by atoms with Crippen LogP contribution in [-0.4, -0.2) is 30.6 Å². The Morgan fingerprint density at radius 3 is 2.68 bits per heavy atom. The van der Waals surface area contributed by atoms with Gasteiger partial charge in [0.05, 0.1) is 13.2 Å². The first-order valence-corrected chi connectivity index (χ1v) is 7.40. The normalized spacial score (nSPS) is 13.3. The minimum atomic E-state index is -0.107. The van der Waals surface area contributed by atoms with E-state index in [-0.39, 0.29) is 5.91 Å². The third-order valence-electron chi connectivity index (χ3n) is 3.46. The van der Waals surface area contributed by atoms with Gasteiger partial charge in [-0.3, -0.25) is 9.78 Å². The smallest absolute Gasteiger partial charge is 0.251 e. The summed E-state index contributed by atoms with van der Waals surface area (Å²) in [5.74, 6) is 1.23. The van der Waals surface area contributed by atoms with Gasteiger partial charge >= 0.3 is 0 Å². The van der Waals surface area contributed by atoms with Gasteiger partial charge in [-0.25, -0.2) is 0 Å². The molecule has 5 nitrogen and oxygen atoms in total. The highest BCUT2D eigenvalue weighted by atomic mass is 16.5. The molecule has 1 aromatic carbocycles. The number of amides is 1. The Bertz CT molecular complexity index is 644. The zero-order valence-corrected chi connectivity index (χ0v) is 12.2. The highest BCUT2D eigenvalue weighted by Crippen LogP contribution is 2.30. The van der Waals surface area contributed by atoms with E-state index in [1.54, 1.807) is 30.6 Å². The summed E-state index contributed by atoms with van der Waals surface area (Å²) in [5.41, 5.74) is 1.73. The standard InChI is InChI=1S/C17H18N2O3/c20-17(19-9-6-13-4-7-18-8-5-13)14-2-3-15-16(12-14)22-11-1-10-21-15/h2-5,7-8,12H,1,6,9-11H2,(H,19,20). The third kappa shape index (κ3) is 3.55. The molecule has 0 atom stereocenters. The maximum atomic E-state index is 12.2. The van der Waals surface area contributed by atoms with Crippen molar-refractivity contribution in [2.24, 2.45) is 0 Å². The first-order chi connectivity index (χ1) is 10.8. The van der Waals surface area contributed by atoms with Crippen LogP contribution in [0.3, 0.4) is 0 Å². The summed E-state index contributed by atoms with van der Waals surface area (Å²) in [6.07, 6.45) is 5.13. The van der Waals surface area contributed by atoms with Crippen molar-refractivity contribution in [1.29, 1.82) is 0 Å². The summed E-state index contributed by atoms with van der Waals surface area (Å²) in [4.78, 5) is 16.2.